The first-order chi connectivity index (χ1) is 12.8. The molecule has 1 atom stereocenters. The molecular formula is C19H19FN2O5. The minimum Gasteiger partial charge on any atom is -0.475 e. The van der Waals surface area contributed by atoms with Gasteiger partial charge >= 0.3 is 5.69 Å². The van der Waals surface area contributed by atoms with Gasteiger partial charge in [0, 0.05) is 29.8 Å². The highest BCUT2D eigenvalue weighted by atomic mass is 19.1. The number of amides is 1. The molecule has 0 saturated heterocycles. The van der Waals surface area contributed by atoms with Gasteiger partial charge in [0.2, 0.25) is 17.4 Å². The molecule has 0 unspecified atom stereocenters. The average molecular weight is 374 g/mol. The lowest BCUT2D eigenvalue weighted by Gasteiger charge is -2.14. The topological polar surface area (TPSA) is 98.5 Å². The van der Waals surface area contributed by atoms with Crippen LogP contribution in [0.2, 0.25) is 0 Å². The van der Waals surface area contributed by atoms with E-state index in [4.69, 9.17) is 4.74 Å². The summed E-state index contributed by atoms with van der Waals surface area (Å²) in [4.78, 5) is 34.4. The van der Waals surface area contributed by atoms with Crippen molar-refractivity contribution >= 4 is 23.1 Å². The number of hydrogen-bond acceptors (Lipinski definition) is 5. The fourth-order valence-corrected chi connectivity index (χ4v) is 2.38. The molecule has 27 heavy (non-hydrogen) atoms. The van der Waals surface area contributed by atoms with Crippen molar-refractivity contribution in [1.29, 1.82) is 0 Å². The van der Waals surface area contributed by atoms with E-state index in [0.717, 1.165) is 24.6 Å². The van der Waals surface area contributed by atoms with E-state index in [1.165, 1.54) is 19.1 Å². The summed E-state index contributed by atoms with van der Waals surface area (Å²) >= 11 is 0. The van der Waals surface area contributed by atoms with Crippen molar-refractivity contribution in [3.05, 3.63) is 64.0 Å². The maximum atomic E-state index is 13.4. The minimum absolute atomic E-state index is 0.119. The van der Waals surface area contributed by atoms with E-state index >= 15 is 0 Å². The molecule has 0 fully saturated rings. The highest BCUT2D eigenvalue weighted by Gasteiger charge is 2.22. The molecule has 0 saturated carbocycles. The number of rotatable bonds is 8. The quantitative estimate of drug-likeness (QED) is 0.426. The number of halogens is 1. The summed E-state index contributed by atoms with van der Waals surface area (Å²) in [5.41, 5.74) is 0.430. The molecule has 0 spiro atoms. The highest BCUT2D eigenvalue weighted by molar-refractivity contribution is 6.00. The van der Waals surface area contributed by atoms with E-state index in [-0.39, 0.29) is 11.7 Å². The number of nitro groups is 1. The van der Waals surface area contributed by atoms with Gasteiger partial charge in [0.25, 0.3) is 0 Å². The van der Waals surface area contributed by atoms with Crippen molar-refractivity contribution in [2.75, 3.05) is 5.32 Å². The van der Waals surface area contributed by atoms with Crippen LogP contribution in [0, 0.1) is 15.9 Å². The number of nitrogens with one attached hydrogen (secondary N) is 1. The zero-order valence-electron chi connectivity index (χ0n) is 14.9. The third-order valence-electron chi connectivity index (χ3n) is 3.72. The molecule has 1 amide bonds. The van der Waals surface area contributed by atoms with Crippen LogP contribution >= 0.6 is 0 Å². The lowest BCUT2D eigenvalue weighted by atomic mass is 10.1. The third-order valence-corrected chi connectivity index (χ3v) is 3.72. The molecule has 1 N–H and O–H groups in total. The van der Waals surface area contributed by atoms with Crippen LogP contribution in [0.15, 0.2) is 42.5 Å². The number of benzene rings is 2. The predicted molar refractivity (Wildman–Crippen MR) is 97.5 cm³/mol. The zero-order valence-corrected chi connectivity index (χ0v) is 14.9. The molecule has 2 aromatic carbocycles. The van der Waals surface area contributed by atoms with E-state index in [0.29, 0.717) is 17.7 Å². The van der Waals surface area contributed by atoms with Gasteiger partial charge in [0.05, 0.1) is 4.92 Å². The Balaban J connectivity index is 2.10. The van der Waals surface area contributed by atoms with Crippen LogP contribution in [0.5, 0.6) is 5.75 Å². The van der Waals surface area contributed by atoms with Gasteiger partial charge in [-0.2, -0.15) is 0 Å². The Kier molecular flexibility index (Phi) is 6.59. The Morgan fingerprint density at radius 1 is 1.22 bits per heavy atom. The number of nitrogens with zero attached hydrogens (tertiary/aromatic N) is 1. The lowest BCUT2D eigenvalue weighted by Crippen LogP contribution is -2.24. The van der Waals surface area contributed by atoms with E-state index < -0.39 is 28.3 Å². The molecule has 0 aliphatic heterocycles. The van der Waals surface area contributed by atoms with Gasteiger partial charge in [0.1, 0.15) is 5.82 Å². The Bertz CT molecular complexity index is 852. The fraction of sp³-hybridized carbons (Fsp3) is 0.263. The van der Waals surface area contributed by atoms with Crippen molar-refractivity contribution in [2.24, 2.45) is 0 Å². The maximum absolute atomic E-state index is 13.4. The van der Waals surface area contributed by atoms with Gasteiger partial charge in [-0.25, -0.2) is 4.39 Å². The number of ether oxygens (including phenoxy) is 1. The number of nitro benzene ring substituents is 1. The van der Waals surface area contributed by atoms with Gasteiger partial charge in [0.15, 0.2) is 6.10 Å². The zero-order chi connectivity index (χ0) is 20.0. The molecular weight excluding hydrogens is 355 g/mol. The summed E-state index contributed by atoms with van der Waals surface area (Å²) in [7, 11) is 0. The van der Waals surface area contributed by atoms with Crippen molar-refractivity contribution in [3.8, 4) is 5.75 Å². The van der Waals surface area contributed by atoms with Crippen LogP contribution in [0.4, 0.5) is 15.8 Å². The Hall–Kier alpha value is -3.29. The van der Waals surface area contributed by atoms with Crippen LogP contribution < -0.4 is 10.1 Å². The average Bonchev–Trinajstić information content (AvgIpc) is 2.61. The molecule has 2 aromatic rings. The molecule has 0 radical (unpaired) electrons. The van der Waals surface area contributed by atoms with Crippen LogP contribution in [-0.2, 0) is 4.79 Å². The molecule has 142 valence electrons. The van der Waals surface area contributed by atoms with E-state index in [9.17, 15) is 24.1 Å². The minimum atomic E-state index is -1.06. The van der Waals surface area contributed by atoms with E-state index in [1.807, 2.05) is 6.92 Å². The van der Waals surface area contributed by atoms with Crippen LogP contribution in [0.3, 0.4) is 0 Å². The van der Waals surface area contributed by atoms with E-state index in [1.54, 1.807) is 12.1 Å². The van der Waals surface area contributed by atoms with Crippen LogP contribution in [-0.4, -0.2) is 22.7 Å². The highest BCUT2D eigenvalue weighted by Crippen LogP contribution is 2.29. The largest absolute Gasteiger partial charge is 0.475 e. The summed E-state index contributed by atoms with van der Waals surface area (Å²) in [6.45, 7) is 3.32. The standard InChI is InChI=1S/C19H19FN2O5/c1-3-4-18(23)21-15-8-5-13(6-9-15)19(24)12(2)27-17-11-14(20)7-10-16(17)22(25)26/h5-12H,3-4H2,1-2H3,(H,21,23)/t12-/m1/s1. The van der Waals surface area contributed by atoms with Crippen molar-refractivity contribution in [3.63, 3.8) is 0 Å². The van der Waals surface area contributed by atoms with Gasteiger partial charge in [-0.1, -0.05) is 6.92 Å². The van der Waals surface area contributed by atoms with Crippen molar-refractivity contribution in [1.82, 2.24) is 0 Å². The first kappa shape index (κ1) is 20.0. The molecule has 0 bridgehead atoms. The lowest BCUT2D eigenvalue weighted by molar-refractivity contribution is -0.386. The van der Waals surface area contributed by atoms with Gasteiger partial charge in [-0.05, 0) is 43.7 Å². The Morgan fingerprint density at radius 2 is 1.89 bits per heavy atom. The Morgan fingerprint density at radius 3 is 2.48 bits per heavy atom. The van der Waals surface area contributed by atoms with Gasteiger partial charge in [-0.3, -0.25) is 19.7 Å². The Labute approximate surface area is 155 Å². The first-order valence-electron chi connectivity index (χ1n) is 8.36. The van der Waals surface area contributed by atoms with Gasteiger partial charge < -0.3 is 10.1 Å². The van der Waals surface area contributed by atoms with E-state index in [2.05, 4.69) is 5.32 Å². The third kappa shape index (κ3) is 5.34. The van der Waals surface area contributed by atoms with Gasteiger partial charge in [-0.15, -0.1) is 0 Å². The predicted octanol–water partition coefficient (Wildman–Crippen LogP) is 4.12. The number of carbonyl (C=O) groups excluding carboxylic acids is 2. The number of ketones is 1. The van der Waals surface area contributed by atoms with Crippen molar-refractivity contribution < 1.29 is 23.6 Å². The summed E-state index contributed by atoms with van der Waals surface area (Å²) in [6, 6.07) is 9.00. The molecule has 2 rings (SSSR count). The molecule has 8 heteroatoms. The van der Waals surface area contributed by atoms with Crippen LogP contribution in [0.1, 0.15) is 37.0 Å². The molecule has 0 aliphatic carbocycles. The second-order valence-corrected chi connectivity index (χ2v) is 5.87. The molecule has 0 aliphatic rings. The summed E-state index contributed by atoms with van der Waals surface area (Å²) in [6.07, 6.45) is 0.0626. The normalized spacial score (nSPS) is 11.5. The number of Topliss-reactive ketones (excluding diaryl/α,β-unsaturated/α-hetero) is 1. The smallest absolute Gasteiger partial charge is 0.311 e. The summed E-state index contributed by atoms with van der Waals surface area (Å²) in [5.74, 6) is -1.57. The molecule has 0 aromatic heterocycles. The molecule has 7 nitrogen and oxygen atoms in total. The second kappa shape index (κ2) is 8.88. The SMILES string of the molecule is CCCC(=O)Nc1ccc(C(=O)[C@@H](C)Oc2cc(F)ccc2[N+](=O)[O-])cc1. The second-order valence-electron chi connectivity index (χ2n) is 5.87. The monoisotopic (exact) mass is 374 g/mol. The maximum Gasteiger partial charge on any atom is 0.311 e. The fourth-order valence-electron chi connectivity index (χ4n) is 2.38. The summed E-state index contributed by atoms with van der Waals surface area (Å²) < 4.78 is 18.7. The number of anilines is 1. The molecule has 0 heterocycles. The van der Waals surface area contributed by atoms with Crippen LogP contribution in [0.25, 0.3) is 0 Å². The first-order valence-corrected chi connectivity index (χ1v) is 8.36. The summed E-state index contributed by atoms with van der Waals surface area (Å²) in [5, 5.41) is 13.7. The number of carbonyl (C=O) groups is 2. The van der Waals surface area contributed by atoms with Crippen molar-refractivity contribution in [2.45, 2.75) is 32.8 Å². The number of hydrogen-bond donors (Lipinski definition) is 1.